The van der Waals surface area contributed by atoms with Crippen LogP contribution in [0.4, 0.5) is 5.69 Å². The molecule has 0 unspecified atom stereocenters. The highest BCUT2D eigenvalue weighted by Gasteiger charge is 2.17. The standard InChI is InChI=1S/C11H17N3O4S.ClH/c1-11(2,12)8-13-19(17,18)7-9-3-5-10(6-4-9)14(15)16;/h3-6,13H,7-8,12H2,1-2H3;1H. The van der Waals surface area contributed by atoms with Crippen LogP contribution in [0.3, 0.4) is 0 Å². The third-order valence-corrected chi connectivity index (χ3v) is 3.55. The Bertz CT molecular complexity index is 552. The average Bonchev–Trinajstić information content (AvgIpc) is 2.26. The quantitative estimate of drug-likeness (QED) is 0.602. The molecule has 0 spiro atoms. The average molecular weight is 324 g/mol. The minimum Gasteiger partial charge on any atom is -0.324 e. The summed E-state index contributed by atoms with van der Waals surface area (Å²) >= 11 is 0. The van der Waals surface area contributed by atoms with Gasteiger partial charge >= 0.3 is 0 Å². The van der Waals surface area contributed by atoms with Crippen LogP contribution in [0.5, 0.6) is 0 Å². The highest BCUT2D eigenvalue weighted by atomic mass is 35.5. The molecule has 114 valence electrons. The molecule has 0 heterocycles. The van der Waals surface area contributed by atoms with Crippen LogP contribution in [-0.2, 0) is 15.8 Å². The number of benzene rings is 1. The van der Waals surface area contributed by atoms with Crippen LogP contribution < -0.4 is 10.5 Å². The molecule has 0 aliphatic heterocycles. The molecule has 0 aliphatic rings. The molecule has 1 rings (SSSR count). The zero-order chi connectivity index (χ0) is 14.7. The van der Waals surface area contributed by atoms with Gasteiger partial charge in [0.05, 0.1) is 10.7 Å². The first-order chi connectivity index (χ1) is 8.59. The van der Waals surface area contributed by atoms with E-state index in [0.717, 1.165) is 0 Å². The van der Waals surface area contributed by atoms with Gasteiger partial charge in [-0.25, -0.2) is 13.1 Å². The molecular weight excluding hydrogens is 306 g/mol. The molecule has 0 aliphatic carbocycles. The maximum atomic E-state index is 11.8. The van der Waals surface area contributed by atoms with Gasteiger partial charge in [0.1, 0.15) is 0 Å². The van der Waals surface area contributed by atoms with Crippen molar-refractivity contribution in [1.29, 1.82) is 0 Å². The van der Waals surface area contributed by atoms with E-state index in [2.05, 4.69) is 4.72 Å². The van der Waals surface area contributed by atoms with Crippen LogP contribution in [0.2, 0.25) is 0 Å². The molecule has 0 atom stereocenters. The van der Waals surface area contributed by atoms with Crippen molar-refractivity contribution in [2.75, 3.05) is 6.54 Å². The summed E-state index contributed by atoms with van der Waals surface area (Å²) in [5.74, 6) is -0.235. The van der Waals surface area contributed by atoms with Gasteiger partial charge in [-0.15, -0.1) is 12.4 Å². The Labute approximate surface area is 124 Å². The van der Waals surface area contributed by atoms with Gasteiger partial charge < -0.3 is 5.73 Å². The molecule has 1 aromatic rings. The Morgan fingerprint density at radius 2 is 1.80 bits per heavy atom. The maximum Gasteiger partial charge on any atom is 0.269 e. The predicted molar refractivity (Wildman–Crippen MR) is 79.2 cm³/mol. The molecule has 0 bridgehead atoms. The molecule has 0 amide bonds. The first-order valence-electron chi connectivity index (χ1n) is 5.59. The van der Waals surface area contributed by atoms with Gasteiger partial charge in [0.25, 0.3) is 5.69 Å². The van der Waals surface area contributed by atoms with Crippen molar-refractivity contribution in [1.82, 2.24) is 4.72 Å². The number of hydrogen-bond donors (Lipinski definition) is 2. The van der Waals surface area contributed by atoms with E-state index >= 15 is 0 Å². The normalized spacial score (nSPS) is 11.8. The Morgan fingerprint density at radius 3 is 2.20 bits per heavy atom. The highest BCUT2D eigenvalue weighted by Crippen LogP contribution is 2.13. The SMILES string of the molecule is CC(C)(N)CNS(=O)(=O)Cc1ccc([N+](=O)[O-])cc1.Cl. The van der Waals surface area contributed by atoms with E-state index in [0.29, 0.717) is 5.56 Å². The minimum absolute atomic E-state index is 0. The number of nitrogens with one attached hydrogen (secondary N) is 1. The number of nitrogens with two attached hydrogens (primary N) is 1. The lowest BCUT2D eigenvalue weighted by atomic mass is 10.1. The van der Waals surface area contributed by atoms with Crippen LogP contribution >= 0.6 is 12.4 Å². The van der Waals surface area contributed by atoms with E-state index in [4.69, 9.17) is 5.73 Å². The first kappa shape index (κ1) is 18.8. The molecule has 9 heteroatoms. The summed E-state index contributed by atoms with van der Waals surface area (Å²) in [6.45, 7) is 3.55. The lowest BCUT2D eigenvalue weighted by Gasteiger charge is -2.18. The Balaban J connectivity index is 0.00000361. The zero-order valence-corrected chi connectivity index (χ0v) is 12.8. The smallest absolute Gasteiger partial charge is 0.269 e. The summed E-state index contributed by atoms with van der Waals surface area (Å²) in [6.07, 6.45) is 0. The van der Waals surface area contributed by atoms with Gasteiger partial charge in [0.2, 0.25) is 10.0 Å². The van der Waals surface area contributed by atoms with Gasteiger partial charge in [0.15, 0.2) is 0 Å². The largest absolute Gasteiger partial charge is 0.324 e. The lowest BCUT2D eigenvalue weighted by molar-refractivity contribution is -0.384. The topological polar surface area (TPSA) is 115 Å². The molecule has 0 radical (unpaired) electrons. The Hall–Kier alpha value is -1.22. The maximum absolute atomic E-state index is 11.8. The summed E-state index contributed by atoms with van der Waals surface area (Å²) in [7, 11) is -3.50. The van der Waals surface area contributed by atoms with Crippen LogP contribution in [0, 0.1) is 10.1 Å². The van der Waals surface area contributed by atoms with E-state index in [1.165, 1.54) is 24.3 Å². The number of sulfonamides is 1. The molecule has 0 saturated heterocycles. The number of rotatable bonds is 6. The molecule has 20 heavy (non-hydrogen) atoms. The fourth-order valence-corrected chi connectivity index (χ4v) is 2.61. The number of nitro benzene ring substituents is 1. The fourth-order valence-electron chi connectivity index (χ4n) is 1.28. The minimum atomic E-state index is -3.50. The molecule has 0 fully saturated rings. The van der Waals surface area contributed by atoms with E-state index < -0.39 is 20.5 Å². The van der Waals surface area contributed by atoms with E-state index in [9.17, 15) is 18.5 Å². The van der Waals surface area contributed by atoms with Gasteiger partial charge in [-0.1, -0.05) is 12.1 Å². The summed E-state index contributed by atoms with van der Waals surface area (Å²) in [6, 6.07) is 5.39. The second-order valence-electron chi connectivity index (χ2n) is 4.99. The van der Waals surface area contributed by atoms with E-state index in [1.54, 1.807) is 13.8 Å². The number of nitrogens with zero attached hydrogens (tertiary/aromatic N) is 1. The summed E-state index contributed by atoms with van der Waals surface area (Å²) in [5, 5.41) is 10.5. The number of nitro groups is 1. The fraction of sp³-hybridized carbons (Fsp3) is 0.455. The van der Waals surface area contributed by atoms with Crippen LogP contribution in [0.1, 0.15) is 19.4 Å². The lowest BCUT2D eigenvalue weighted by Crippen LogP contribution is -2.45. The van der Waals surface area contributed by atoms with Crippen molar-refractivity contribution in [3.05, 3.63) is 39.9 Å². The number of hydrogen-bond acceptors (Lipinski definition) is 5. The van der Waals surface area contributed by atoms with Crippen molar-refractivity contribution in [3.8, 4) is 0 Å². The van der Waals surface area contributed by atoms with Gasteiger partial charge in [-0.05, 0) is 19.4 Å². The van der Waals surface area contributed by atoms with Gasteiger partial charge in [-0.2, -0.15) is 0 Å². The number of non-ortho nitro benzene ring substituents is 1. The molecule has 0 aromatic heterocycles. The van der Waals surface area contributed by atoms with Crippen LogP contribution in [0.25, 0.3) is 0 Å². The third-order valence-electron chi connectivity index (χ3n) is 2.25. The molecule has 3 N–H and O–H groups in total. The van der Waals surface area contributed by atoms with Crippen LogP contribution in [-0.4, -0.2) is 25.4 Å². The van der Waals surface area contributed by atoms with Crippen molar-refractivity contribution in [3.63, 3.8) is 0 Å². The van der Waals surface area contributed by atoms with Gasteiger partial charge in [0, 0.05) is 24.2 Å². The number of halogens is 1. The first-order valence-corrected chi connectivity index (χ1v) is 7.24. The molecular formula is C11H18ClN3O4S. The predicted octanol–water partition coefficient (Wildman–Crippen LogP) is 1.17. The third kappa shape index (κ3) is 6.80. The Kier molecular flexibility index (Phi) is 6.55. The van der Waals surface area contributed by atoms with Crippen molar-refractivity contribution in [2.45, 2.75) is 25.1 Å². The van der Waals surface area contributed by atoms with Crippen LogP contribution in [0.15, 0.2) is 24.3 Å². The highest BCUT2D eigenvalue weighted by molar-refractivity contribution is 7.88. The second-order valence-corrected chi connectivity index (χ2v) is 6.80. The van der Waals surface area contributed by atoms with E-state index in [1.807, 2.05) is 0 Å². The summed E-state index contributed by atoms with van der Waals surface area (Å²) in [4.78, 5) is 9.94. The molecule has 7 nitrogen and oxygen atoms in total. The van der Waals surface area contributed by atoms with Gasteiger partial charge in [-0.3, -0.25) is 10.1 Å². The van der Waals surface area contributed by atoms with Crippen molar-refractivity contribution < 1.29 is 13.3 Å². The second kappa shape index (κ2) is 6.98. The van der Waals surface area contributed by atoms with Crippen molar-refractivity contribution >= 4 is 28.1 Å². The summed E-state index contributed by atoms with van der Waals surface area (Å²) in [5.41, 5.74) is 5.46. The molecule has 1 aromatic carbocycles. The molecule has 0 saturated carbocycles. The van der Waals surface area contributed by atoms with Crippen molar-refractivity contribution in [2.24, 2.45) is 5.73 Å². The monoisotopic (exact) mass is 323 g/mol. The van der Waals surface area contributed by atoms with E-state index in [-0.39, 0.29) is 30.4 Å². The summed E-state index contributed by atoms with van der Waals surface area (Å²) < 4.78 is 25.9. The Morgan fingerprint density at radius 1 is 1.30 bits per heavy atom. The zero-order valence-electron chi connectivity index (χ0n) is 11.2.